The average molecular weight is 287 g/mol. The molecule has 1 atom stereocenters. The van der Waals surface area contributed by atoms with Crippen molar-refractivity contribution in [3.8, 4) is 0 Å². The van der Waals surface area contributed by atoms with Gasteiger partial charge in [0.1, 0.15) is 0 Å². The molecular weight excluding hydrogens is 268 g/mol. The van der Waals surface area contributed by atoms with E-state index >= 15 is 0 Å². The Balaban J connectivity index is 2.06. The molecular formula is C18H19F2N. The van der Waals surface area contributed by atoms with Crippen LogP contribution in [0.2, 0.25) is 0 Å². The lowest BCUT2D eigenvalue weighted by Crippen LogP contribution is -2.31. The first kappa shape index (κ1) is 14.2. The van der Waals surface area contributed by atoms with Crippen molar-refractivity contribution in [2.45, 2.75) is 25.8 Å². The summed E-state index contributed by atoms with van der Waals surface area (Å²) in [6.07, 6.45) is 1.01. The van der Waals surface area contributed by atoms with Crippen LogP contribution in [0.15, 0.2) is 36.4 Å². The molecule has 0 bridgehead atoms. The zero-order valence-corrected chi connectivity index (χ0v) is 12.4. The lowest BCUT2D eigenvalue weighted by atomic mass is 9.84. The Morgan fingerprint density at radius 2 is 1.90 bits per heavy atom. The van der Waals surface area contributed by atoms with Crippen molar-refractivity contribution in [2.24, 2.45) is 0 Å². The third-order valence-electron chi connectivity index (χ3n) is 4.27. The molecule has 21 heavy (non-hydrogen) atoms. The second-order valence-corrected chi connectivity index (χ2v) is 5.81. The molecule has 1 unspecified atom stereocenters. The largest absolute Gasteiger partial charge is 0.301 e. The van der Waals surface area contributed by atoms with Gasteiger partial charge in [0.25, 0.3) is 0 Å². The number of benzene rings is 2. The standard InChI is InChI=1S/C18H19F2N/c1-3-12-4-6-15-14(8-12)10-21(2)11-16(15)13-5-7-17(19)18(20)9-13/h4-9,16H,3,10-11H2,1-2H3. The smallest absolute Gasteiger partial charge is 0.159 e. The number of hydrogen-bond donors (Lipinski definition) is 0. The molecule has 0 saturated heterocycles. The van der Waals surface area contributed by atoms with Crippen LogP contribution in [-0.4, -0.2) is 18.5 Å². The van der Waals surface area contributed by atoms with Crippen LogP contribution in [0.1, 0.15) is 35.1 Å². The molecule has 1 nitrogen and oxygen atoms in total. The van der Waals surface area contributed by atoms with Crippen molar-refractivity contribution in [2.75, 3.05) is 13.6 Å². The Morgan fingerprint density at radius 3 is 2.62 bits per heavy atom. The Bertz CT molecular complexity index is 666. The molecule has 0 N–H and O–H groups in total. The Labute approximate surface area is 124 Å². The number of hydrogen-bond acceptors (Lipinski definition) is 1. The van der Waals surface area contributed by atoms with E-state index in [1.807, 2.05) is 0 Å². The van der Waals surface area contributed by atoms with E-state index in [9.17, 15) is 8.78 Å². The van der Waals surface area contributed by atoms with Crippen molar-refractivity contribution in [1.82, 2.24) is 4.90 Å². The second kappa shape index (κ2) is 5.57. The number of fused-ring (bicyclic) bond motifs is 1. The summed E-state index contributed by atoms with van der Waals surface area (Å²) in [5.74, 6) is -1.46. The van der Waals surface area contributed by atoms with Gasteiger partial charge < -0.3 is 4.90 Å². The number of nitrogens with zero attached hydrogens (tertiary/aromatic N) is 1. The summed E-state index contributed by atoms with van der Waals surface area (Å²) < 4.78 is 26.7. The van der Waals surface area contributed by atoms with Gasteiger partial charge in [-0.05, 0) is 47.9 Å². The summed E-state index contributed by atoms with van der Waals surface area (Å²) in [5.41, 5.74) is 4.67. The first-order valence-electron chi connectivity index (χ1n) is 7.33. The molecule has 110 valence electrons. The van der Waals surface area contributed by atoms with Gasteiger partial charge in [0, 0.05) is 19.0 Å². The minimum atomic E-state index is -0.788. The quantitative estimate of drug-likeness (QED) is 0.803. The third-order valence-corrected chi connectivity index (χ3v) is 4.27. The van der Waals surface area contributed by atoms with Crippen LogP contribution in [0.25, 0.3) is 0 Å². The molecule has 0 amide bonds. The molecule has 3 rings (SSSR count). The zero-order chi connectivity index (χ0) is 15.0. The zero-order valence-electron chi connectivity index (χ0n) is 12.4. The van der Waals surface area contributed by atoms with Crippen LogP contribution < -0.4 is 0 Å². The number of halogens is 2. The van der Waals surface area contributed by atoms with E-state index in [4.69, 9.17) is 0 Å². The fraction of sp³-hybridized carbons (Fsp3) is 0.333. The minimum absolute atomic E-state index is 0.0970. The first-order valence-corrected chi connectivity index (χ1v) is 7.33. The third kappa shape index (κ3) is 2.70. The normalized spacial score (nSPS) is 18.6. The molecule has 3 heteroatoms. The van der Waals surface area contributed by atoms with Gasteiger partial charge in [-0.15, -0.1) is 0 Å². The first-order chi connectivity index (χ1) is 10.1. The summed E-state index contributed by atoms with van der Waals surface area (Å²) in [4.78, 5) is 2.23. The van der Waals surface area contributed by atoms with Crippen molar-refractivity contribution in [3.05, 3.63) is 70.3 Å². The van der Waals surface area contributed by atoms with Gasteiger partial charge >= 0.3 is 0 Å². The summed E-state index contributed by atoms with van der Waals surface area (Å²) in [6, 6.07) is 10.8. The van der Waals surface area contributed by atoms with Crippen LogP contribution in [0.3, 0.4) is 0 Å². The lowest BCUT2D eigenvalue weighted by molar-refractivity contribution is 0.294. The van der Waals surface area contributed by atoms with Gasteiger partial charge in [-0.1, -0.05) is 31.2 Å². The SMILES string of the molecule is CCc1ccc2c(c1)CN(C)CC2c1ccc(F)c(F)c1. The molecule has 0 radical (unpaired) electrons. The molecule has 2 aromatic carbocycles. The van der Waals surface area contributed by atoms with Crippen LogP contribution in [0.5, 0.6) is 0 Å². The summed E-state index contributed by atoms with van der Waals surface area (Å²) in [6.45, 7) is 3.87. The van der Waals surface area contributed by atoms with E-state index in [1.165, 1.54) is 28.8 Å². The predicted molar refractivity (Wildman–Crippen MR) is 80.4 cm³/mol. The molecule has 0 aromatic heterocycles. The van der Waals surface area contributed by atoms with Gasteiger partial charge in [-0.25, -0.2) is 8.78 Å². The van der Waals surface area contributed by atoms with Crippen LogP contribution in [-0.2, 0) is 13.0 Å². The van der Waals surface area contributed by atoms with Gasteiger partial charge in [-0.2, -0.15) is 0 Å². The molecule has 0 fully saturated rings. The van der Waals surface area contributed by atoms with E-state index in [2.05, 4.69) is 37.1 Å². The van der Waals surface area contributed by atoms with Crippen molar-refractivity contribution in [1.29, 1.82) is 0 Å². The minimum Gasteiger partial charge on any atom is -0.301 e. The molecule has 0 aliphatic carbocycles. The molecule has 0 spiro atoms. The maximum Gasteiger partial charge on any atom is 0.159 e. The van der Waals surface area contributed by atoms with E-state index in [0.29, 0.717) is 0 Å². The number of rotatable bonds is 2. The molecule has 0 saturated carbocycles. The van der Waals surface area contributed by atoms with Crippen molar-refractivity contribution in [3.63, 3.8) is 0 Å². The van der Waals surface area contributed by atoms with Gasteiger partial charge in [0.2, 0.25) is 0 Å². The summed E-state index contributed by atoms with van der Waals surface area (Å²) in [5, 5.41) is 0. The second-order valence-electron chi connectivity index (χ2n) is 5.81. The van der Waals surface area contributed by atoms with Crippen LogP contribution >= 0.6 is 0 Å². The fourth-order valence-electron chi connectivity index (χ4n) is 3.14. The monoisotopic (exact) mass is 287 g/mol. The highest BCUT2D eigenvalue weighted by atomic mass is 19.2. The fourth-order valence-corrected chi connectivity index (χ4v) is 3.14. The predicted octanol–water partition coefficient (Wildman–Crippen LogP) is 4.10. The molecule has 1 aliphatic rings. The average Bonchev–Trinajstić information content (AvgIpc) is 2.48. The van der Waals surface area contributed by atoms with Gasteiger partial charge in [-0.3, -0.25) is 0 Å². The molecule has 1 heterocycles. The van der Waals surface area contributed by atoms with E-state index in [0.717, 1.165) is 25.1 Å². The Kier molecular flexibility index (Phi) is 3.77. The Morgan fingerprint density at radius 1 is 1.10 bits per heavy atom. The van der Waals surface area contributed by atoms with E-state index in [-0.39, 0.29) is 5.92 Å². The number of likely N-dealkylation sites (N-methyl/N-ethyl adjacent to an activating group) is 1. The highest BCUT2D eigenvalue weighted by molar-refractivity contribution is 5.42. The highest BCUT2D eigenvalue weighted by Gasteiger charge is 2.25. The van der Waals surface area contributed by atoms with Crippen molar-refractivity contribution >= 4 is 0 Å². The van der Waals surface area contributed by atoms with Crippen molar-refractivity contribution < 1.29 is 8.78 Å². The lowest BCUT2D eigenvalue weighted by Gasteiger charge is -2.33. The Hall–Kier alpha value is -1.74. The maximum atomic E-state index is 13.5. The number of aryl methyl sites for hydroxylation is 1. The summed E-state index contributed by atoms with van der Waals surface area (Å²) >= 11 is 0. The highest BCUT2D eigenvalue weighted by Crippen LogP contribution is 2.34. The summed E-state index contributed by atoms with van der Waals surface area (Å²) in [7, 11) is 2.06. The van der Waals surface area contributed by atoms with E-state index in [1.54, 1.807) is 6.07 Å². The van der Waals surface area contributed by atoms with Gasteiger partial charge in [0.05, 0.1) is 0 Å². The maximum absolute atomic E-state index is 13.5. The van der Waals surface area contributed by atoms with Gasteiger partial charge in [0.15, 0.2) is 11.6 Å². The molecule has 2 aromatic rings. The topological polar surface area (TPSA) is 3.24 Å². The van der Waals surface area contributed by atoms with Crippen LogP contribution in [0, 0.1) is 11.6 Å². The van der Waals surface area contributed by atoms with Crippen LogP contribution in [0.4, 0.5) is 8.78 Å². The molecule has 1 aliphatic heterocycles. The van der Waals surface area contributed by atoms with E-state index < -0.39 is 11.6 Å².